The van der Waals surface area contributed by atoms with Crippen LogP contribution in [0.25, 0.3) is 0 Å². The maximum Gasteiger partial charge on any atom is 0.298 e. The van der Waals surface area contributed by atoms with Crippen LogP contribution in [0.15, 0.2) is 47.9 Å². The summed E-state index contributed by atoms with van der Waals surface area (Å²) in [6.07, 6.45) is -0.154. The molecule has 2 aromatic rings. The lowest BCUT2D eigenvalue weighted by atomic mass is 10.1. The van der Waals surface area contributed by atoms with Crippen molar-refractivity contribution in [1.29, 1.82) is 0 Å². The quantitative estimate of drug-likeness (QED) is 0.298. The van der Waals surface area contributed by atoms with Crippen LogP contribution in [0.3, 0.4) is 0 Å². The maximum atomic E-state index is 11.6. The van der Waals surface area contributed by atoms with Crippen LogP contribution in [0.2, 0.25) is 10.0 Å². The van der Waals surface area contributed by atoms with Crippen LogP contribution < -0.4 is 21.1 Å². The van der Waals surface area contributed by atoms with Gasteiger partial charge in [-0.1, -0.05) is 35.3 Å². The Kier molecular flexibility index (Phi) is 7.07. The van der Waals surface area contributed by atoms with Gasteiger partial charge in [0.05, 0.1) is 21.8 Å². The zero-order valence-electron chi connectivity index (χ0n) is 16.5. The molecule has 2 unspecified atom stereocenters. The summed E-state index contributed by atoms with van der Waals surface area (Å²) >= 11 is 12.0. The van der Waals surface area contributed by atoms with Crippen LogP contribution in [0.4, 0.5) is 5.69 Å². The molecule has 0 spiro atoms. The third-order valence-corrected chi connectivity index (χ3v) is 5.32. The lowest BCUT2D eigenvalue weighted by Gasteiger charge is -2.18. The molecule has 6 N–H and O–H groups in total. The van der Waals surface area contributed by atoms with Crippen LogP contribution in [0, 0.1) is 0 Å². The van der Waals surface area contributed by atoms with Crippen molar-refractivity contribution < 1.29 is 24.5 Å². The molecular formula is C21H21Cl2N3O5. The summed E-state index contributed by atoms with van der Waals surface area (Å²) in [5.74, 6) is -2.53. The number of anilines is 1. The molecule has 1 aliphatic rings. The molecule has 8 nitrogen and oxygen atoms in total. The zero-order chi connectivity index (χ0) is 22.7. The molecule has 1 aliphatic heterocycles. The zero-order valence-corrected chi connectivity index (χ0v) is 18.0. The average molecular weight is 466 g/mol. The summed E-state index contributed by atoms with van der Waals surface area (Å²) in [6, 6.07) is 10.1. The van der Waals surface area contributed by atoms with Gasteiger partial charge in [-0.05, 0) is 48.7 Å². The van der Waals surface area contributed by atoms with Gasteiger partial charge in [0, 0.05) is 12.6 Å². The Morgan fingerprint density at radius 3 is 2.29 bits per heavy atom. The third kappa shape index (κ3) is 5.48. The van der Waals surface area contributed by atoms with Gasteiger partial charge in [-0.3, -0.25) is 14.9 Å². The maximum absolute atomic E-state index is 11.6. The minimum Gasteiger partial charge on any atom is -0.500 e. The Labute approximate surface area is 188 Å². The molecule has 0 radical (unpaired) electrons. The van der Waals surface area contributed by atoms with Gasteiger partial charge in [-0.2, -0.15) is 0 Å². The number of aliphatic hydroxyl groups excluding tert-OH is 2. The molecule has 0 aliphatic carbocycles. The number of rotatable bonds is 8. The number of benzene rings is 2. The van der Waals surface area contributed by atoms with Crippen LogP contribution in [0.5, 0.6) is 5.75 Å². The Morgan fingerprint density at radius 1 is 1.13 bits per heavy atom. The number of nitrogen functional groups attached to an aromatic ring is 1. The Hall–Kier alpha value is -2.78. The van der Waals surface area contributed by atoms with Crippen molar-refractivity contribution in [2.45, 2.75) is 25.5 Å². The summed E-state index contributed by atoms with van der Waals surface area (Å²) in [6.45, 7) is 2.26. The fourth-order valence-corrected chi connectivity index (χ4v) is 3.49. The topological polar surface area (TPSA) is 134 Å². The highest BCUT2D eigenvalue weighted by Crippen LogP contribution is 2.31. The number of ether oxygens (including phenoxy) is 1. The number of carbonyl (C=O) groups is 2. The van der Waals surface area contributed by atoms with Crippen molar-refractivity contribution in [1.82, 2.24) is 10.6 Å². The summed E-state index contributed by atoms with van der Waals surface area (Å²) in [4.78, 5) is 22.8. The van der Waals surface area contributed by atoms with Gasteiger partial charge in [0.15, 0.2) is 0 Å². The number of amides is 2. The number of imide groups is 1. The summed E-state index contributed by atoms with van der Waals surface area (Å²) in [7, 11) is 0. The van der Waals surface area contributed by atoms with E-state index in [1.165, 1.54) is 0 Å². The van der Waals surface area contributed by atoms with Gasteiger partial charge in [0.2, 0.25) is 11.5 Å². The van der Waals surface area contributed by atoms with Crippen molar-refractivity contribution in [3.63, 3.8) is 0 Å². The first-order valence-electron chi connectivity index (χ1n) is 9.37. The summed E-state index contributed by atoms with van der Waals surface area (Å²) < 4.78 is 5.30. The van der Waals surface area contributed by atoms with Crippen LogP contribution in [-0.2, 0) is 16.0 Å². The molecule has 0 bridgehead atoms. The predicted molar refractivity (Wildman–Crippen MR) is 117 cm³/mol. The third-order valence-electron chi connectivity index (χ3n) is 4.69. The van der Waals surface area contributed by atoms with Crippen LogP contribution in [0.1, 0.15) is 24.2 Å². The molecule has 164 valence electrons. The van der Waals surface area contributed by atoms with E-state index in [9.17, 15) is 19.8 Å². The fraction of sp³-hybridized carbons (Fsp3) is 0.238. The van der Waals surface area contributed by atoms with Gasteiger partial charge < -0.3 is 26.0 Å². The van der Waals surface area contributed by atoms with Crippen molar-refractivity contribution in [3.05, 3.63) is 69.1 Å². The van der Waals surface area contributed by atoms with E-state index in [0.717, 1.165) is 5.56 Å². The molecular weight excluding hydrogens is 445 g/mol. The minimum absolute atomic E-state index is 0.0335. The highest BCUT2D eigenvalue weighted by Gasteiger charge is 2.32. The van der Waals surface area contributed by atoms with Gasteiger partial charge >= 0.3 is 0 Å². The van der Waals surface area contributed by atoms with E-state index in [-0.39, 0.29) is 18.3 Å². The molecule has 0 saturated heterocycles. The minimum atomic E-state index is -0.887. The summed E-state index contributed by atoms with van der Waals surface area (Å²) in [5, 5.41) is 25.7. The van der Waals surface area contributed by atoms with Gasteiger partial charge in [-0.15, -0.1) is 0 Å². The first-order valence-corrected chi connectivity index (χ1v) is 10.1. The first-order chi connectivity index (χ1) is 14.7. The molecule has 10 heteroatoms. The van der Waals surface area contributed by atoms with E-state index < -0.39 is 29.4 Å². The number of halogens is 2. The Morgan fingerprint density at radius 2 is 1.74 bits per heavy atom. The van der Waals surface area contributed by atoms with Gasteiger partial charge in [0.1, 0.15) is 5.75 Å². The molecule has 2 amide bonds. The van der Waals surface area contributed by atoms with Crippen molar-refractivity contribution in [2.75, 3.05) is 12.3 Å². The Bertz CT molecular complexity index is 1020. The van der Waals surface area contributed by atoms with E-state index in [4.69, 9.17) is 33.7 Å². The lowest BCUT2D eigenvalue weighted by molar-refractivity contribution is -0.125. The van der Waals surface area contributed by atoms with Gasteiger partial charge in [0.25, 0.3) is 11.8 Å². The number of carbonyl (C=O) groups excluding carboxylic acids is 2. The van der Waals surface area contributed by atoms with Crippen molar-refractivity contribution in [3.8, 4) is 5.75 Å². The monoisotopic (exact) mass is 465 g/mol. The van der Waals surface area contributed by atoms with Crippen molar-refractivity contribution in [2.24, 2.45) is 0 Å². The number of hydrogen-bond donors (Lipinski definition) is 5. The molecule has 3 rings (SSSR count). The highest BCUT2D eigenvalue weighted by molar-refractivity contribution is 6.38. The van der Waals surface area contributed by atoms with Gasteiger partial charge in [-0.25, -0.2) is 0 Å². The van der Waals surface area contributed by atoms with E-state index in [0.29, 0.717) is 27.8 Å². The van der Waals surface area contributed by atoms with Crippen LogP contribution in [-0.4, -0.2) is 34.6 Å². The highest BCUT2D eigenvalue weighted by atomic mass is 35.5. The fourth-order valence-electron chi connectivity index (χ4n) is 2.99. The molecule has 31 heavy (non-hydrogen) atoms. The second-order valence-corrected chi connectivity index (χ2v) is 7.95. The standard InChI is InChI=1S/C21H21Cl2N3O5/c1-10(25-9-16(27)12-7-14(22)17(24)15(23)8-12)6-11-2-4-13(5-3-11)31-19-18(28)20(29)26-21(19)30/h2-5,7-8,10,16,25,27H,6,9,24H2,1H3,(H2,26,28,29,30). The van der Waals surface area contributed by atoms with E-state index in [1.54, 1.807) is 36.4 Å². The van der Waals surface area contributed by atoms with E-state index in [2.05, 4.69) is 5.32 Å². The predicted octanol–water partition coefficient (Wildman–Crippen LogP) is 2.63. The smallest absolute Gasteiger partial charge is 0.298 e. The molecule has 2 atom stereocenters. The Balaban J connectivity index is 1.53. The molecule has 0 fully saturated rings. The molecule has 0 aromatic heterocycles. The molecule has 2 aromatic carbocycles. The normalized spacial score (nSPS) is 15.7. The lowest BCUT2D eigenvalue weighted by Crippen LogP contribution is -2.32. The summed E-state index contributed by atoms with van der Waals surface area (Å²) in [5.41, 5.74) is 7.54. The molecule has 1 heterocycles. The second kappa shape index (κ2) is 9.57. The number of nitrogens with one attached hydrogen (secondary N) is 2. The largest absolute Gasteiger partial charge is 0.500 e. The number of hydrogen-bond acceptors (Lipinski definition) is 7. The average Bonchev–Trinajstić information content (AvgIpc) is 2.97. The second-order valence-electron chi connectivity index (χ2n) is 7.13. The van der Waals surface area contributed by atoms with Crippen LogP contribution >= 0.6 is 23.2 Å². The van der Waals surface area contributed by atoms with E-state index in [1.807, 2.05) is 12.2 Å². The SMILES string of the molecule is CC(Cc1ccc(OC2=C(O)C(=O)NC2=O)cc1)NCC(O)c1cc(Cl)c(N)c(Cl)c1. The number of aliphatic hydroxyl groups is 2. The molecule has 0 saturated carbocycles. The van der Waals surface area contributed by atoms with Crippen molar-refractivity contribution >= 4 is 40.7 Å². The van der Waals surface area contributed by atoms with E-state index >= 15 is 0 Å². The first kappa shape index (κ1) is 22.9. The number of nitrogens with two attached hydrogens (primary N) is 1.